The first-order valence-corrected chi connectivity index (χ1v) is 8.71. The lowest BCUT2D eigenvalue weighted by molar-refractivity contribution is -0.123. The number of aryl methyl sites for hydroxylation is 1. The Bertz CT molecular complexity index is 731. The van der Waals surface area contributed by atoms with E-state index in [2.05, 4.69) is 26.6 Å². The molecule has 0 saturated heterocycles. The summed E-state index contributed by atoms with van der Waals surface area (Å²) in [6.45, 7) is 4.02. The topological polar surface area (TPSA) is 74.6 Å². The Hall–Kier alpha value is -2.12. The highest BCUT2D eigenvalue weighted by atomic mass is 79.9. The molecule has 7 heteroatoms. The highest BCUT2D eigenvalue weighted by Crippen LogP contribution is 2.19. The third kappa shape index (κ3) is 6.03. The normalized spacial score (nSPS) is 12.0. The van der Waals surface area contributed by atoms with Crippen molar-refractivity contribution < 1.29 is 14.0 Å². The number of nitrogens with one attached hydrogen (secondary N) is 2. The van der Waals surface area contributed by atoms with Crippen LogP contribution in [0.5, 0.6) is 0 Å². The van der Waals surface area contributed by atoms with Crippen molar-refractivity contribution in [1.82, 2.24) is 10.2 Å². The van der Waals surface area contributed by atoms with E-state index in [1.54, 1.807) is 24.3 Å². The molecule has 2 amide bonds. The maximum absolute atomic E-state index is 12.1. The molecule has 1 atom stereocenters. The van der Waals surface area contributed by atoms with Gasteiger partial charge >= 0.3 is 0 Å². The lowest BCUT2D eigenvalue weighted by Gasteiger charge is -2.18. The van der Waals surface area contributed by atoms with Gasteiger partial charge in [0.1, 0.15) is 5.76 Å². The number of benzene rings is 1. The third-order valence-electron chi connectivity index (χ3n) is 3.64. The average Bonchev–Trinajstić information content (AvgIpc) is 3.04. The van der Waals surface area contributed by atoms with E-state index >= 15 is 0 Å². The van der Waals surface area contributed by atoms with Crippen LogP contribution < -0.4 is 10.6 Å². The van der Waals surface area contributed by atoms with Crippen molar-refractivity contribution in [2.24, 2.45) is 0 Å². The van der Waals surface area contributed by atoms with Crippen LogP contribution >= 0.6 is 15.9 Å². The van der Waals surface area contributed by atoms with Gasteiger partial charge in [-0.25, -0.2) is 0 Å². The lowest BCUT2D eigenvalue weighted by Crippen LogP contribution is -2.39. The first-order valence-electron chi connectivity index (χ1n) is 7.92. The van der Waals surface area contributed by atoms with Crippen LogP contribution in [0.1, 0.15) is 24.3 Å². The average molecular weight is 408 g/mol. The molecule has 0 radical (unpaired) electrons. The summed E-state index contributed by atoms with van der Waals surface area (Å²) in [6.07, 6.45) is 1.57. The van der Waals surface area contributed by atoms with Crippen molar-refractivity contribution in [1.29, 1.82) is 0 Å². The first-order chi connectivity index (χ1) is 11.8. The van der Waals surface area contributed by atoms with Crippen molar-refractivity contribution in [2.45, 2.75) is 19.9 Å². The van der Waals surface area contributed by atoms with Crippen LogP contribution in [0, 0.1) is 6.92 Å². The standard InChI is InChI=1S/C18H22BrN3O3/c1-12-9-14(19)6-7-15(12)21-18(24)11-22(3)10-17(23)20-13(2)16-5-4-8-25-16/h4-9,13H,10-11H2,1-3H3,(H,20,23)(H,21,24)/t13-/m0/s1. The predicted octanol–water partition coefficient (Wildman–Crippen LogP) is 3.10. The van der Waals surface area contributed by atoms with Crippen molar-refractivity contribution in [3.05, 3.63) is 52.4 Å². The van der Waals surface area contributed by atoms with Gasteiger partial charge in [0.15, 0.2) is 0 Å². The minimum atomic E-state index is -0.213. The fraction of sp³-hybridized carbons (Fsp3) is 0.333. The lowest BCUT2D eigenvalue weighted by atomic mass is 10.2. The molecule has 0 aliphatic carbocycles. The Labute approximate surface area is 155 Å². The summed E-state index contributed by atoms with van der Waals surface area (Å²) in [7, 11) is 1.73. The number of rotatable bonds is 7. The van der Waals surface area contributed by atoms with Crippen LogP contribution in [0.2, 0.25) is 0 Å². The molecule has 6 nitrogen and oxygen atoms in total. The molecule has 1 heterocycles. The maximum atomic E-state index is 12.1. The van der Waals surface area contributed by atoms with Crippen LogP contribution in [-0.4, -0.2) is 36.9 Å². The van der Waals surface area contributed by atoms with Crippen LogP contribution in [0.25, 0.3) is 0 Å². The van der Waals surface area contributed by atoms with Gasteiger partial charge in [-0.05, 0) is 56.8 Å². The van der Waals surface area contributed by atoms with Gasteiger partial charge in [0.25, 0.3) is 0 Å². The number of halogens is 1. The molecule has 0 fully saturated rings. The molecule has 0 saturated carbocycles. The summed E-state index contributed by atoms with van der Waals surface area (Å²) < 4.78 is 6.22. The molecule has 0 bridgehead atoms. The molecular weight excluding hydrogens is 386 g/mol. The number of hydrogen-bond donors (Lipinski definition) is 2. The van der Waals surface area contributed by atoms with Gasteiger partial charge in [-0.15, -0.1) is 0 Å². The van der Waals surface area contributed by atoms with Gasteiger partial charge in [-0.3, -0.25) is 14.5 Å². The quantitative estimate of drug-likeness (QED) is 0.739. The van der Waals surface area contributed by atoms with Crippen molar-refractivity contribution in [3.8, 4) is 0 Å². The molecule has 134 valence electrons. The second-order valence-electron chi connectivity index (χ2n) is 5.98. The molecule has 2 N–H and O–H groups in total. The molecule has 1 aromatic heterocycles. The highest BCUT2D eigenvalue weighted by Gasteiger charge is 2.15. The second kappa shape index (κ2) is 8.82. The van der Waals surface area contributed by atoms with Gasteiger partial charge in [-0.1, -0.05) is 15.9 Å². The maximum Gasteiger partial charge on any atom is 0.238 e. The van der Waals surface area contributed by atoms with Crippen LogP contribution in [0.15, 0.2) is 45.5 Å². The fourth-order valence-corrected chi connectivity index (χ4v) is 2.87. The molecule has 0 aliphatic heterocycles. The van der Waals surface area contributed by atoms with Crippen LogP contribution in [0.3, 0.4) is 0 Å². The number of anilines is 1. The number of carbonyl (C=O) groups excluding carboxylic acids is 2. The predicted molar refractivity (Wildman–Crippen MR) is 100 cm³/mol. The van der Waals surface area contributed by atoms with E-state index in [4.69, 9.17) is 4.42 Å². The summed E-state index contributed by atoms with van der Waals surface area (Å²) in [6, 6.07) is 9.02. The molecule has 0 spiro atoms. The highest BCUT2D eigenvalue weighted by molar-refractivity contribution is 9.10. The molecule has 0 aliphatic rings. The van der Waals surface area contributed by atoms with E-state index < -0.39 is 0 Å². The van der Waals surface area contributed by atoms with Crippen molar-refractivity contribution in [2.75, 3.05) is 25.5 Å². The van der Waals surface area contributed by atoms with E-state index in [1.165, 1.54) is 0 Å². The summed E-state index contributed by atoms with van der Waals surface area (Å²) in [4.78, 5) is 25.9. The zero-order valence-corrected chi connectivity index (χ0v) is 16.1. The van der Waals surface area contributed by atoms with Crippen LogP contribution in [-0.2, 0) is 9.59 Å². The van der Waals surface area contributed by atoms with Gasteiger partial charge in [0.2, 0.25) is 11.8 Å². The van der Waals surface area contributed by atoms with Gasteiger partial charge in [0, 0.05) is 10.2 Å². The van der Waals surface area contributed by atoms with Gasteiger partial charge < -0.3 is 15.1 Å². The fourth-order valence-electron chi connectivity index (χ4n) is 2.40. The van der Waals surface area contributed by atoms with E-state index in [1.807, 2.05) is 38.1 Å². The largest absolute Gasteiger partial charge is 0.467 e. The first kappa shape index (κ1) is 19.2. The molecule has 0 unspecified atom stereocenters. The number of hydrogen-bond acceptors (Lipinski definition) is 4. The van der Waals surface area contributed by atoms with E-state index in [9.17, 15) is 9.59 Å². The molecule has 25 heavy (non-hydrogen) atoms. The summed E-state index contributed by atoms with van der Waals surface area (Å²) in [5, 5.41) is 5.70. The minimum absolute atomic E-state index is 0.123. The van der Waals surface area contributed by atoms with Crippen molar-refractivity contribution >= 4 is 33.4 Å². The monoisotopic (exact) mass is 407 g/mol. The van der Waals surface area contributed by atoms with E-state index in [-0.39, 0.29) is 30.9 Å². The number of furan rings is 1. The summed E-state index contributed by atoms with van der Waals surface area (Å²) >= 11 is 3.39. The molecule has 2 aromatic rings. The third-order valence-corrected chi connectivity index (χ3v) is 4.13. The number of carbonyl (C=O) groups is 2. The summed E-state index contributed by atoms with van der Waals surface area (Å²) in [5.74, 6) is 0.360. The van der Waals surface area contributed by atoms with Crippen molar-refractivity contribution in [3.63, 3.8) is 0 Å². The summed E-state index contributed by atoms with van der Waals surface area (Å²) in [5.41, 5.74) is 1.73. The van der Waals surface area contributed by atoms with Gasteiger partial charge in [0.05, 0.1) is 25.4 Å². The zero-order valence-electron chi connectivity index (χ0n) is 14.5. The molecule has 1 aromatic carbocycles. The van der Waals surface area contributed by atoms with Gasteiger partial charge in [-0.2, -0.15) is 0 Å². The number of amides is 2. The Kier molecular flexibility index (Phi) is 6.78. The smallest absolute Gasteiger partial charge is 0.238 e. The second-order valence-corrected chi connectivity index (χ2v) is 6.90. The molecular formula is C18H22BrN3O3. The molecule has 2 rings (SSSR count). The van der Waals surface area contributed by atoms with E-state index in [0.29, 0.717) is 5.76 Å². The Balaban J connectivity index is 1.79. The van der Waals surface area contributed by atoms with Crippen LogP contribution in [0.4, 0.5) is 5.69 Å². The Morgan fingerprint density at radius 1 is 1.24 bits per heavy atom. The Morgan fingerprint density at radius 3 is 2.60 bits per heavy atom. The Morgan fingerprint density at radius 2 is 1.96 bits per heavy atom. The SMILES string of the molecule is Cc1cc(Br)ccc1NC(=O)CN(C)CC(=O)N[C@@H](C)c1ccco1. The van der Waals surface area contributed by atoms with E-state index in [0.717, 1.165) is 15.7 Å². The zero-order chi connectivity index (χ0) is 18.4. The minimum Gasteiger partial charge on any atom is -0.467 e. The number of likely N-dealkylation sites (N-methyl/N-ethyl adjacent to an activating group) is 1. The number of nitrogens with zero attached hydrogens (tertiary/aromatic N) is 1.